The number of carbonyl (C=O) groups is 2. The summed E-state index contributed by atoms with van der Waals surface area (Å²) >= 11 is 1.67. The summed E-state index contributed by atoms with van der Waals surface area (Å²) in [4.78, 5) is 27.2. The van der Waals surface area contributed by atoms with Gasteiger partial charge in [0.05, 0.1) is 11.5 Å². The molecule has 0 N–H and O–H groups in total. The molecule has 5 heteroatoms. The average molecular weight is 349 g/mol. The Morgan fingerprint density at radius 3 is 2.46 bits per heavy atom. The van der Waals surface area contributed by atoms with Crippen molar-refractivity contribution in [3.63, 3.8) is 0 Å². The first-order valence-corrected chi connectivity index (χ1v) is 9.76. The standard InChI is InChI=1S/C19H27NO3S/c1-5-7-17-20(16(12-24-17)19(22)23-13(3)4)18(21)15-10-8-14(6-2)9-11-15/h8-11,13,16-17H,5-7,12H2,1-4H3. The van der Waals surface area contributed by atoms with Gasteiger partial charge in [-0.1, -0.05) is 32.4 Å². The molecule has 4 nitrogen and oxygen atoms in total. The summed E-state index contributed by atoms with van der Waals surface area (Å²) in [5, 5.41) is 0.0399. The number of thioether (sulfide) groups is 1. The third-order valence-corrected chi connectivity index (χ3v) is 5.45. The van der Waals surface area contributed by atoms with Crippen LogP contribution in [0.4, 0.5) is 0 Å². The molecule has 0 bridgehead atoms. The number of aryl methyl sites for hydroxylation is 1. The summed E-state index contributed by atoms with van der Waals surface area (Å²) in [6, 6.07) is 7.18. The quantitative estimate of drug-likeness (QED) is 0.731. The van der Waals surface area contributed by atoms with E-state index in [2.05, 4.69) is 13.8 Å². The molecule has 2 unspecified atom stereocenters. The molecule has 1 aliphatic rings. The largest absolute Gasteiger partial charge is 0.461 e. The van der Waals surface area contributed by atoms with Crippen molar-refractivity contribution in [2.24, 2.45) is 0 Å². The number of carbonyl (C=O) groups excluding carboxylic acids is 2. The summed E-state index contributed by atoms with van der Waals surface area (Å²) < 4.78 is 5.37. The van der Waals surface area contributed by atoms with E-state index in [9.17, 15) is 9.59 Å². The van der Waals surface area contributed by atoms with Gasteiger partial charge in [-0.3, -0.25) is 4.79 Å². The zero-order chi connectivity index (χ0) is 17.7. The highest BCUT2D eigenvalue weighted by Crippen LogP contribution is 2.34. The fourth-order valence-electron chi connectivity index (χ4n) is 2.83. The first-order valence-electron chi connectivity index (χ1n) is 8.71. The fourth-order valence-corrected chi connectivity index (χ4v) is 4.34. The van der Waals surface area contributed by atoms with Gasteiger partial charge < -0.3 is 9.64 Å². The molecule has 0 saturated carbocycles. The fraction of sp³-hybridized carbons (Fsp3) is 0.579. The highest BCUT2D eigenvalue weighted by molar-refractivity contribution is 8.00. The first kappa shape index (κ1) is 18.8. The van der Waals surface area contributed by atoms with Crippen LogP contribution in [0.2, 0.25) is 0 Å². The molecule has 0 radical (unpaired) electrons. The molecular formula is C19H27NO3S. The number of hydrogen-bond donors (Lipinski definition) is 0. The number of rotatable bonds is 6. The molecule has 1 saturated heterocycles. The maximum Gasteiger partial charge on any atom is 0.330 e. The number of benzene rings is 1. The predicted molar refractivity (Wildman–Crippen MR) is 98.2 cm³/mol. The molecular weight excluding hydrogens is 322 g/mol. The van der Waals surface area contributed by atoms with Crippen molar-refractivity contribution in [3.8, 4) is 0 Å². The minimum absolute atomic E-state index is 0.0399. The lowest BCUT2D eigenvalue weighted by Gasteiger charge is -2.28. The summed E-state index contributed by atoms with van der Waals surface area (Å²) in [5.41, 5.74) is 1.83. The molecule has 1 aromatic carbocycles. The minimum atomic E-state index is -0.493. The van der Waals surface area contributed by atoms with Gasteiger partial charge >= 0.3 is 5.97 Å². The molecule has 1 fully saturated rings. The van der Waals surface area contributed by atoms with E-state index < -0.39 is 6.04 Å². The molecule has 1 aliphatic heterocycles. The average Bonchev–Trinajstić information content (AvgIpc) is 2.98. The lowest BCUT2D eigenvalue weighted by molar-refractivity contribution is -0.151. The lowest BCUT2D eigenvalue weighted by Crippen LogP contribution is -2.46. The highest BCUT2D eigenvalue weighted by atomic mass is 32.2. The molecule has 132 valence electrons. The molecule has 0 aromatic heterocycles. The van der Waals surface area contributed by atoms with E-state index >= 15 is 0 Å². The van der Waals surface area contributed by atoms with Crippen LogP contribution < -0.4 is 0 Å². The van der Waals surface area contributed by atoms with Gasteiger partial charge in [-0.2, -0.15) is 0 Å². The molecule has 2 atom stereocenters. The third kappa shape index (κ3) is 4.32. The van der Waals surface area contributed by atoms with Crippen molar-refractivity contribution in [3.05, 3.63) is 35.4 Å². The van der Waals surface area contributed by atoms with Crippen LogP contribution in [0.3, 0.4) is 0 Å². The molecule has 1 amide bonds. The van der Waals surface area contributed by atoms with E-state index in [-0.39, 0.29) is 23.4 Å². The Bertz CT molecular complexity index is 570. The molecule has 1 heterocycles. The normalized spacial score (nSPS) is 20.5. The summed E-state index contributed by atoms with van der Waals surface area (Å²) in [6.07, 6.45) is 2.63. The van der Waals surface area contributed by atoms with Crippen LogP contribution in [-0.4, -0.2) is 40.0 Å². The Labute approximate surface area is 148 Å². The number of nitrogens with zero attached hydrogens (tertiary/aromatic N) is 1. The van der Waals surface area contributed by atoms with Crippen LogP contribution in [0, 0.1) is 0 Å². The molecule has 2 rings (SSSR count). The molecule has 0 spiro atoms. The van der Waals surface area contributed by atoms with Gasteiger partial charge in [0.1, 0.15) is 6.04 Å². The zero-order valence-corrected chi connectivity index (χ0v) is 15.8. The zero-order valence-electron chi connectivity index (χ0n) is 15.0. The van der Waals surface area contributed by atoms with E-state index in [1.807, 2.05) is 38.1 Å². The van der Waals surface area contributed by atoms with Crippen molar-refractivity contribution in [2.45, 2.75) is 64.5 Å². The van der Waals surface area contributed by atoms with E-state index in [1.165, 1.54) is 5.56 Å². The second kappa shape index (κ2) is 8.56. The van der Waals surface area contributed by atoms with Crippen LogP contribution in [0.15, 0.2) is 24.3 Å². The third-order valence-electron chi connectivity index (χ3n) is 4.10. The smallest absolute Gasteiger partial charge is 0.330 e. The van der Waals surface area contributed by atoms with Crippen LogP contribution in [0.1, 0.15) is 56.5 Å². The van der Waals surface area contributed by atoms with E-state index in [1.54, 1.807) is 16.7 Å². The Hall–Kier alpha value is -1.49. The van der Waals surface area contributed by atoms with E-state index in [4.69, 9.17) is 4.74 Å². The Kier molecular flexibility index (Phi) is 6.72. The topological polar surface area (TPSA) is 46.6 Å². The van der Waals surface area contributed by atoms with Crippen molar-refractivity contribution in [2.75, 3.05) is 5.75 Å². The van der Waals surface area contributed by atoms with E-state index in [0.717, 1.165) is 19.3 Å². The van der Waals surface area contributed by atoms with Gasteiger partial charge in [-0.15, -0.1) is 11.8 Å². The Morgan fingerprint density at radius 2 is 1.92 bits per heavy atom. The van der Waals surface area contributed by atoms with Crippen molar-refractivity contribution in [1.82, 2.24) is 4.90 Å². The maximum absolute atomic E-state index is 13.0. The van der Waals surface area contributed by atoms with Crippen molar-refractivity contribution < 1.29 is 14.3 Å². The monoisotopic (exact) mass is 349 g/mol. The van der Waals surface area contributed by atoms with Crippen LogP contribution in [0.5, 0.6) is 0 Å². The highest BCUT2D eigenvalue weighted by Gasteiger charge is 2.42. The van der Waals surface area contributed by atoms with Gasteiger partial charge in [-0.05, 0) is 44.4 Å². The van der Waals surface area contributed by atoms with Crippen molar-refractivity contribution >= 4 is 23.6 Å². The van der Waals surface area contributed by atoms with Crippen LogP contribution >= 0.6 is 11.8 Å². The molecule has 1 aromatic rings. The first-order chi connectivity index (χ1) is 11.5. The number of esters is 1. The second-order valence-corrected chi connectivity index (χ2v) is 7.55. The van der Waals surface area contributed by atoms with Gasteiger partial charge in [0.25, 0.3) is 5.91 Å². The SMILES string of the molecule is CCCC1SCC(C(=O)OC(C)C)N1C(=O)c1ccc(CC)cc1. The lowest BCUT2D eigenvalue weighted by atomic mass is 10.1. The van der Waals surface area contributed by atoms with Crippen LogP contribution in [0.25, 0.3) is 0 Å². The van der Waals surface area contributed by atoms with Crippen LogP contribution in [-0.2, 0) is 16.0 Å². The second-order valence-electron chi connectivity index (χ2n) is 6.34. The number of ether oxygens (including phenoxy) is 1. The predicted octanol–water partition coefficient (Wildman–Crippen LogP) is 3.88. The number of amides is 1. The summed E-state index contributed by atoms with van der Waals surface area (Å²) in [7, 11) is 0. The van der Waals surface area contributed by atoms with E-state index in [0.29, 0.717) is 11.3 Å². The number of hydrogen-bond acceptors (Lipinski definition) is 4. The van der Waals surface area contributed by atoms with Gasteiger partial charge in [0, 0.05) is 11.3 Å². The molecule has 24 heavy (non-hydrogen) atoms. The minimum Gasteiger partial charge on any atom is -0.461 e. The Morgan fingerprint density at radius 1 is 1.25 bits per heavy atom. The Balaban J connectivity index is 2.24. The summed E-state index contributed by atoms with van der Waals surface area (Å²) in [5.74, 6) is 0.232. The van der Waals surface area contributed by atoms with Gasteiger partial charge in [0.2, 0.25) is 0 Å². The van der Waals surface area contributed by atoms with Crippen molar-refractivity contribution in [1.29, 1.82) is 0 Å². The molecule has 0 aliphatic carbocycles. The van der Waals surface area contributed by atoms with Gasteiger partial charge in [-0.25, -0.2) is 4.79 Å². The maximum atomic E-state index is 13.0. The summed E-state index contributed by atoms with van der Waals surface area (Å²) in [6.45, 7) is 7.85. The van der Waals surface area contributed by atoms with Gasteiger partial charge in [0.15, 0.2) is 0 Å².